The lowest BCUT2D eigenvalue weighted by molar-refractivity contribution is -0.167. The molecule has 0 aromatic rings. The highest BCUT2D eigenvalue weighted by atomic mass is 16.6. The molecule has 0 aromatic heterocycles. The second-order valence-electron chi connectivity index (χ2n) is 22.4. The molecule has 0 aliphatic rings. The van der Waals surface area contributed by atoms with E-state index in [1.165, 1.54) is 116 Å². The summed E-state index contributed by atoms with van der Waals surface area (Å²) in [5.41, 5.74) is 0. The average Bonchev–Trinajstić information content (AvgIpc) is 3.49. The number of unbranched alkanes of at least 4 members (excludes halogenated alkanes) is 26. The summed E-state index contributed by atoms with van der Waals surface area (Å²) in [5, 5.41) is 0. The van der Waals surface area contributed by atoms with E-state index >= 15 is 0 Å². The first-order valence-electron chi connectivity index (χ1n) is 34.3. The lowest BCUT2D eigenvalue weighted by atomic mass is 10.1. The van der Waals surface area contributed by atoms with Crippen molar-refractivity contribution in [2.45, 2.75) is 309 Å². The van der Waals surface area contributed by atoms with Crippen molar-refractivity contribution < 1.29 is 28.6 Å². The van der Waals surface area contributed by atoms with Crippen LogP contribution in [0.15, 0.2) is 146 Å². The van der Waals surface area contributed by atoms with Crippen LogP contribution < -0.4 is 0 Å². The highest BCUT2D eigenvalue weighted by molar-refractivity contribution is 5.71. The molecule has 83 heavy (non-hydrogen) atoms. The molecule has 0 aliphatic heterocycles. The Morgan fingerprint density at radius 1 is 0.253 bits per heavy atom. The Kier molecular flexibility index (Phi) is 65.8. The van der Waals surface area contributed by atoms with Crippen LogP contribution in [-0.2, 0) is 28.6 Å². The minimum Gasteiger partial charge on any atom is -0.462 e. The summed E-state index contributed by atoms with van der Waals surface area (Å²) in [5.74, 6) is -0.913. The van der Waals surface area contributed by atoms with Gasteiger partial charge < -0.3 is 14.2 Å². The van der Waals surface area contributed by atoms with Crippen molar-refractivity contribution in [3.05, 3.63) is 146 Å². The first-order chi connectivity index (χ1) is 41.0. The third-order valence-corrected chi connectivity index (χ3v) is 14.3. The summed E-state index contributed by atoms with van der Waals surface area (Å²) in [6, 6.07) is 0. The van der Waals surface area contributed by atoms with Gasteiger partial charge in [0, 0.05) is 19.3 Å². The number of hydrogen-bond donors (Lipinski definition) is 0. The van der Waals surface area contributed by atoms with E-state index in [2.05, 4.69) is 167 Å². The van der Waals surface area contributed by atoms with Gasteiger partial charge in [-0.05, 0) is 128 Å². The quantitative estimate of drug-likeness (QED) is 0.0261. The van der Waals surface area contributed by atoms with E-state index in [0.717, 1.165) is 148 Å². The summed E-state index contributed by atoms with van der Waals surface area (Å²) < 4.78 is 16.9. The molecular weight excluding hydrogens is 1020 g/mol. The third kappa shape index (κ3) is 68.0. The Bertz CT molecular complexity index is 1800. The van der Waals surface area contributed by atoms with E-state index in [1.807, 2.05) is 0 Å². The number of rotatable bonds is 61. The van der Waals surface area contributed by atoms with Gasteiger partial charge in [0.15, 0.2) is 6.10 Å². The zero-order chi connectivity index (χ0) is 59.9. The van der Waals surface area contributed by atoms with Gasteiger partial charge in [-0.3, -0.25) is 14.4 Å². The topological polar surface area (TPSA) is 78.9 Å². The van der Waals surface area contributed by atoms with Gasteiger partial charge >= 0.3 is 17.9 Å². The summed E-state index contributed by atoms with van der Waals surface area (Å²) in [4.78, 5) is 38.2. The van der Waals surface area contributed by atoms with Crippen LogP contribution in [0.2, 0.25) is 0 Å². The summed E-state index contributed by atoms with van der Waals surface area (Å²) in [6.45, 7) is 6.48. The molecule has 0 spiro atoms. The van der Waals surface area contributed by atoms with Crippen molar-refractivity contribution in [3.8, 4) is 0 Å². The Balaban J connectivity index is 4.24. The van der Waals surface area contributed by atoms with Crippen molar-refractivity contribution in [3.63, 3.8) is 0 Å². The van der Waals surface area contributed by atoms with Crippen molar-refractivity contribution >= 4 is 17.9 Å². The number of esters is 3. The molecule has 1 atom stereocenters. The van der Waals surface area contributed by atoms with Crippen LogP contribution in [-0.4, -0.2) is 37.2 Å². The summed E-state index contributed by atoms with van der Waals surface area (Å²) in [6.07, 6.45) is 100. The maximum absolute atomic E-state index is 12.9. The Morgan fingerprint density at radius 2 is 0.470 bits per heavy atom. The fourth-order valence-corrected chi connectivity index (χ4v) is 9.21. The van der Waals surface area contributed by atoms with E-state index in [9.17, 15) is 14.4 Å². The fraction of sp³-hybridized carbons (Fsp3) is 0.649. The molecule has 0 saturated carbocycles. The molecule has 0 aromatic carbocycles. The third-order valence-electron chi connectivity index (χ3n) is 14.3. The molecule has 6 nitrogen and oxygen atoms in total. The van der Waals surface area contributed by atoms with E-state index in [1.54, 1.807) is 0 Å². The molecule has 0 amide bonds. The lowest BCUT2D eigenvalue weighted by Crippen LogP contribution is -2.30. The molecule has 0 radical (unpaired) electrons. The van der Waals surface area contributed by atoms with Crippen LogP contribution in [0, 0.1) is 0 Å². The van der Waals surface area contributed by atoms with Crippen molar-refractivity contribution in [1.29, 1.82) is 0 Å². The first kappa shape index (κ1) is 78.3. The van der Waals surface area contributed by atoms with Gasteiger partial charge in [0.1, 0.15) is 13.2 Å². The molecule has 0 heterocycles. The van der Waals surface area contributed by atoms with Crippen LogP contribution in [0.25, 0.3) is 0 Å². The molecule has 0 N–H and O–H groups in total. The Labute approximate surface area is 512 Å². The van der Waals surface area contributed by atoms with E-state index < -0.39 is 6.10 Å². The van der Waals surface area contributed by atoms with Crippen molar-refractivity contribution in [1.82, 2.24) is 0 Å². The molecule has 470 valence electrons. The zero-order valence-electron chi connectivity index (χ0n) is 53.9. The predicted octanol–water partition coefficient (Wildman–Crippen LogP) is 23.9. The van der Waals surface area contributed by atoms with E-state index in [4.69, 9.17) is 14.2 Å². The first-order valence-corrected chi connectivity index (χ1v) is 34.3. The molecule has 0 aliphatic carbocycles. The largest absolute Gasteiger partial charge is 0.462 e. The van der Waals surface area contributed by atoms with Crippen molar-refractivity contribution in [2.75, 3.05) is 13.2 Å². The smallest absolute Gasteiger partial charge is 0.306 e. The van der Waals surface area contributed by atoms with Crippen LogP contribution in [0.3, 0.4) is 0 Å². The fourth-order valence-electron chi connectivity index (χ4n) is 9.21. The van der Waals surface area contributed by atoms with E-state index in [-0.39, 0.29) is 31.1 Å². The predicted molar refractivity (Wildman–Crippen MR) is 362 cm³/mol. The molecule has 0 rings (SSSR count). The van der Waals surface area contributed by atoms with Crippen LogP contribution in [0.4, 0.5) is 0 Å². The second kappa shape index (κ2) is 69.8. The Morgan fingerprint density at radius 3 is 0.735 bits per heavy atom. The molecule has 0 saturated heterocycles. The average molecular weight is 1150 g/mol. The van der Waals surface area contributed by atoms with Crippen LogP contribution in [0.5, 0.6) is 0 Å². The maximum Gasteiger partial charge on any atom is 0.306 e. The molecular formula is C77H126O6. The number of ether oxygens (including phenoxy) is 3. The summed E-state index contributed by atoms with van der Waals surface area (Å²) >= 11 is 0. The SMILES string of the molecule is CC/C=C\C/C=C\C/C=C\C/C=C\C/C=C\C/C=C\C/C=C\C/C=C\C/C=C\CCCCCCCCCC(=O)OCC(COC(=O)CCCCCCCCCCC)OC(=O)CCCCCCCC/C=C\C/C=C\C/C=C\CCCCCCC. The normalized spacial score (nSPS) is 13.0. The van der Waals surface area contributed by atoms with Gasteiger partial charge in [-0.2, -0.15) is 0 Å². The highest BCUT2D eigenvalue weighted by Gasteiger charge is 2.19. The standard InChI is InChI=1S/C77H126O6/c1-4-7-10-13-16-19-21-23-25-27-29-31-32-33-34-35-36-37-38-39-40-41-42-43-44-46-47-49-51-53-55-58-61-64-67-70-76(79)82-73-74(72-81-75(78)69-66-63-60-57-18-15-12-9-6-3)83-77(80)71-68-65-62-59-56-54-52-50-48-45-30-28-26-24-22-20-17-14-11-8-5-2/h7,10,16,19,22-25,28-31,33-34,36-37,39-40,42-43,46-48,50,74H,4-6,8-9,11-15,17-18,20-21,26-27,32,35,38,41,44-45,49,51-73H2,1-3H3/b10-7-,19-16-,24-22-,25-23-,30-28-,31-29-,34-33-,37-36-,40-39-,43-42-,47-46-,50-48-. The van der Waals surface area contributed by atoms with Gasteiger partial charge in [0.05, 0.1) is 0 Å². The van der Waals surface area contributed by atoms with Crippen LogP contribution >= 0.6 is 0 Å². The van der Waals surface area contributed by atoms with Gasteiger partial charge in [-0.1, -0.05) is 301 Å². The highest BCUT2D eigenvalue weighted by Crippen LogP contribution is 2.15. The zero-order valence-corrected chi connectivity index (χ0v) is 53.9. The minimum absolute atomic E-state index is 0.0887. The van der Waals surface area contributed by atoms with Crippen LogP contribution in [0.1, 0.15) is 303 Å². The van der Waals surface area contributed by atoms with Gasteiger partial charge in [-0.15, -0.1) is 0 Å². The lowest BCUT2D eigenvalue weighted by Gasteiger charge is -2.18. The molecule has 0 bridgehead atoms. The Hall–Kier alpha value is -4.71. The minimum atomic E-state index is -0.793. The number of carbonyl (C=O) groups is 3. The van der Waals surface area contributed by atoms with Gasteiger partial charge in [0.25, 0.3) is 0 Å². The summed E-state index contributed by atoms with van der Waals surface area (Å²) in [7, 11) is 0. The van der Waals surface area contributed by atoms with E-state index in [0.29, 0.717) is 19.3 Å². The number of hydrogen-bond acceptors (Lipinski definition) is 6. The monoisotopic (exact) mass is 1150 g/mol. The number of allylic oxidation sites excluding steroid dienone is 24. The van der Waals surface area contributed by atoms with Gasteiger partial charge in [0.2, 0.25) is 0 Å². The van der Waals surface area contributed by atoms with Crippen molar-refractivity contribution in [2.24, 2.45) is 0 Å². The molecule has 0 fully saturated rings. The van der Waals surface area contributed by atoms with Gasteiger partial charge in [-0.25, -0.2) is 0 Å². The molecule has 1 unspecified atom stereocenters. The maximum atomic E-state index is 12.9. The second-order valence-corrected chi connectivity index (χ2v) is 22.4. The number of carbonyl (C=O) groups excluding carboxylic acids is 3. The molecule has 6 heteroatoms.